The van der Waals surface area contributed by atoms with E-state index in [-0.39, 0.29) is 83.7 Å². The van der Waals surface area contributed by atoms with E-state index in [2.05, 4.69) is 0 Å². The van der Waals surface area contributed by atoms with Crippen LogP contribution in [-0.4, -0.2) is 172 Å². The molecule has 16 heteroatoms. The summed E-state index contributed by atoms with van der Waals surface area (Å²) in [7, 11) is 5.75. The van der Waals surface area contributed by atoms with Crippen LogP contribution in [0.2, 0.25) is 21.3 Å². The van der Waals surface area contributed by atoms with Crippen LogP contribution in [0.5, 0.6) is 0 Å². The molecule has 0 spiro atoms. The predicted octanol–water partition coefficient (Wildman–Crippen LogP) is -0.0474. The van der Waals surface area contributed by atoms with Crippen molar-refractivity contribution in [2.24, 2.45) is 0 Å². The van der Waals surface area contributed by atoms with Crippen LogP contribution in [-0.2, 0) is 38.1 Å². The van der Waals surface area contributed by atoms with Crippen LogP contribution < -0.4 is 0 Å². The third kappa shape index (κ3) is 13.1. The van der Waals surface area contributed by atoms with E-state index in [4.69, 9.17) is 18.9 Å². The fraction of sp³-hybridized carbons (Fsp3) is 0.545. The van der Waals surface area contributed by atoms with Gasteiger partial charge in [0.15, 0.2) is 0 Å². The zero-order chi connectivity index (χ0) is 27.9. The van der Waals surface area contributed by atoms with E-state index >= 15 is 0 Å². The molecule has 8 nitrogen and oxygen atoms in total. The Bertz CT molecular complexity index is 830. The number of hydrogen-bond donors (Lipinski definition) is 0. The zero-order valence-electron chi connectivity index (χ0n) is 21.2. The van der Waals surface area contributed by atoms with Crippen molar-refractivity contribution in [2.45, 2.75) is 47.0 Å². The average Bonchev–Trinajstić information content (AvgIpc) is 3.52. The average molecular weight is 1050 g/mol. The Morgan fingerprint density at radius 2 is 0.684 bits per heavy atom. The maximum absolute atomic E-state index is 11.7. The normalized spacial score (nSPS) is 15.3. The van der Waals surface area contributed by atoms with Crippen molar-refractivity contribution in [1.82, 2.24) is 0 Å². The molecule has 2 heterocycles. The Morgan fingerprint density at radius 1 is 0.474 bits per heavy atom. The second-order valence-electron chi connectivity index (χ2n) is 6.83. The molecule has 0 aromatic rings. The van der Waals surface area contributed by atoms with Crippen molar-refractivity contribution in [1.29, 1.82) is 0 Å². The van der Waals surface area contributed by atoms with E-state index in [9.17, 15) is 19.2 Å². The summed E-state index contributed by atoms with van der Waals surface area (Å²) in [6.45, 7) is 0. The molecule has 38 heavy (non-hydrogen) atoms. The summed E-state index contributed by atoms with van der Waals surface area (Å²) in [5, 5.41) is 3.46. The van der Waals surface area contributed by atoms with Crippen LogP contribution >= 0.6 is 0 Å². The standard InChI is InChI=1S/C22H28O8Se8/c1-27-13(23)5-9-31-17-18(32-10-6-14(24)28-2)36-21(35-17)22-37-19(33-11-7-15(25)29-3)20(38-22)34-12-8-16(26)30-4/h5-12H2,1-4H3. The summed E-state index contributed by atoms with van der Waals surface area (Å²) >= 11 is 2.51. The number of carbonyl (C=O) groups excluding carboxylic acids is 4. The van der Waals surface area contributed by atoms with Gasteiger partial charge in [-0.3, -0.25) is 0 Å². The van der Waals surface area contributed by atoms with Crippen molar-refractivity contribution in [3.8, 4) is 0 Å². The Hall–Kier alpha value is 1.26. The van der Waals surface area contributed by atoms with Gasteiger partial charge in [0.05, 0.1) is 0 Å². The summed E-state index contributed by atoms with van der Waals surface area (Å²) in [6, 6.07) is 0. The molecule has 0 aromatic heterocycles. The van der Waals surface area contributed by atoms with Gasteiger partial charge in [-0.15, -0.1) is 0 Å². The third-order valence-electron chi connectivity index (χ3n) is 4.31. The second kappa shape index (κ2) is 20.2. The van der Waals surface area contributed by atoms with Crippen LogP contribution in [0.1, 0.15) is 25.7 Å². The van der Waals surface area contributed by atoms with E-state index in [0.29, 0.717) is 85.5 Å². The summed E-state index contributed by atoms with van der Waals surface area (Å²) < 4.78 is 29.1. The van der Waals surface area contributed by atoms with Gasteiger partial charge in [-0.1, -0.05) is 0 Å². The molecule has 2 aliphatic rings. The molecule has 2 aliphatic heterocycles. The van der Waals surface area contributed by atoms with Crippen molar-refractivity contribution in [2.75, 3.05) is 28.4 Å². The van der Waals surface area contributed by atoms with Gasteiger partial charge in [-0.2, -0.15) is 0 Å². The minimum atomic E-state index is -0.149. The third-order valence-corrected chi connectivity index (χ3v) is 38.5. The summed E-state index contributed by atoms with van der Waals surface area (Å²) in [5.74, 6) is -0.596. The Balaban J connectivity index is 2.11. The molecule has 0 fully saturated rings. The Labute approximate surface area is 274 Å². The van der Waals surface area contributed by atoms with Gasteiger partial charge in [-0.25, -0.2) is 0 Å². The Kier molecular flexibility index (Phi) is 18.9. The first-order valence-electron chi connectivity index (χ1n) is 11.0. The van der Waals surface area contributed by atoms with Gasteiger partial charge in [0.2, 0.25) is 0 Å². The fourth-order valence-electron chi connectivity index (χ4n) is 2.38. The van der Waals surface area contributed by atoms with Crippen LogP contribution in [0.15, 0.2) is 20.2 Å². The molecule has 0 radical (unpaired) electrons. The van der Waals surface area contributed by atoms with Crippen LogP contribution in [0.4, 0.5) is 0 Å². The number of rotatable bonds is 16. The van der Waals surface area contributed by atoms with Crippen LogP contribution in [0.25, 0.3) is 0 Å². The topological polar surface area (TPSA) is 105 Å². The first-order chi connectivity index (χ1) is 18.3. The van der Waals surface area contributed by atoms with E-state index in [0.717, 1.165) is 21.3 Å². The number of carbonyl (C=O) groups is 4. The van der Waals surface area contributed by atoms with Gasteiger partial charge in [0, 0.05) is 0 Å². The molecule has 0 bridgehead atoms. The number of hydrogen-bond acceptors (Lipinski definition) is 8. The van der Waals surface area contributed by atoms with E-state index < -0.39 is 0 Å². The number of methoxy groups -OCH3 is 4. The van der Waals surface area contributed by atoms with Gasteiger partial charge in [0.25, 0.3) is 0 Å². The summed E-state index contributed by atoms with van der Waals surface area (Å²) in [5.41, 5.74) is 0. The Morgan fingerprint density at radius 3 is 0.868 bits per heavy atom. The van der Waals surface area contributed by atoms with Crippen LogP contribution in [0.3, 0.4) is 0 Å². The van der Waals surface area contributed by atoms with Gasteiger partial charge in [-0.05, 0) is 0 Å². The van der Waals surface area contributed by atoms with Gasteiger partial charge < -0.3 is 0 Å². The second-order valence-corrected chi connectivity index (χ2v) is 32.5. The van der Waals surface area contributed by atoms with Gasteiger partial charge in [0.1, 0.15) is 0 Å². The van der Waals surface area contributed by atoms with Gasteiger partial charge >= 0.3 is 277 Å². The number of esters is 4. The number of ether oxygens (including phenoxy) is 4. The summed E-state index contributed by atoms with van der Waals surface area (Å²) in [4.78, 5) is 46.6. The van der Waals surface area contributed by atoms with Crippen molar-refractivity contribution < 1.29 is 38.1 Å². The molecule has 212 valence electrons. The first-order valence-corrected chi connectivity index (χ1v) is 26.2. The molecular formula is C22H28O8Se8. The summed E-state index contributed by atoms with van der Waals surface area (Å²) in [6.07, 6.45) is 1.86. The molecule has 0 amide bonds. The maximum atomic E-state index is 11.7. The first kappa shape index (κ1) is 35.5. The molecule has 0 saturated heterocycles. The SMILES string of the molecule is COC(=O)CC[Se]C1=C([Se]CCC(=O)OC)[Se]C(=C2[Se]C([Se]CCC(=O)OC)=C([Se]CCC(=O)OC)[Se]2)[Se]1. The monoisotopic (exact) mass is 1060 g/mol. The van der Waals surface area contributed by atoms with Crippen LogP contribution in [0, 0.1) is 0 Å². The van der Waals surface area contributed by atoms with E-state index in [1.807, 2.05) is 0 Å². The molecule has 0 aromatic carbocycles. The quantitative estimate of drug-likeness (QED) is 0.121. The molecule has 0 aliphatic carbocycles. The van der Waals surface area contributed by atoms with Crippen molar-refractivity contribution in [3.05, 3.63) is 20.2 Å². The fourth-order valence-corrected chi connectivity index (χ4v) is 43.0. The molecule has 0 saturated carbocycles. The van der Waals surface area contributed by atoms with Crippen molar-refractivity contribution in [3.63, 3.8) is 0 Å². The molecule has 0 atom stereocenters. The van der Waals surface area contributed by atoms with E-state index in [1.165, 1.54) is 28.4 Å². The molecule has 0 N–H and O–H groups in total. The van der Waals surface area contributed by atoms with Crippen molar-refractivity contribution >= 4 is 144 Å². The molecule has 2 rings (SSSR count). The van der Waals surface area contributed by atoms with E-state index in [1.54, 1.807) is 20.2 Å². The zero-order valence-corrected chi connectivity index (χ0v) is 34.9. The molecular weight excluding hydrogens is 1020 g/mol. The predicted molar refractivity (Wildman–Crippen MR) is 153 cm³/mol. The molecule has 0 unspecified atom stereocenters. The minimum absolute atomic E-state index is 0.149.